The first-order valence-corrected chi connectivity index (χ1v) is 9.76. The van der Waals surface area contributed by atoms with Crippen molar-refractivity contribution in [2.45, 2.75) is 30.2 Å². The number of likely N-dealkylation sites (tertiary alicyclic amines) is 1. The van der Waals surface area contributed by atoms with Gasteiger partial charge in [-0.3, -0.25) is 0 Å². The van der Waals surface area contributed by atoms with Gasteiger partial charge in [0.25, 0.3) is 0 Å². The molecule has 24 heavy (non-hydrogen) atoms. The molecule has 0 amide bonds. The maximum Gasteiger partial charge on any atom is 0.245 e. The van der Waals surface area contributed by atoms with Gasteiger partial charge in [0.05, 0.1) is 6.61 Å². The third kappa shape index (κ3) is 3.22. The van der Waals surface area contributed by atoms with Crippen molar-refractivity contribution >= 4 is 10.0 Å². The average Bonchev–Trinajstić information content (AvgIpc) is 2.84. The third-order valence-corrected chi connectivity index (χ3v) is 7.41. The van der Waals surface area contributed by atoms with Crippen LogP contribution < -0.4 is 0 Å². The second-order valence-electron chi connectivity index (χ2n) is 7.06. The summed E-state index contributed by atoms with van der Waals surface area (Å²) in [5, 5.41) is 0. The van der Waals surface area contributed by atoms with Crippen LogP contribution in [0.25, 0.3) is 0 Å². The Morgan fingerprint density at radius 3 is 2.58 bits per heavy atom. The van der Waals surface area contributed by atoms with Gasteiger partial charge < -0.3 is 9.64 Å². The maximum absolute atomic E-state index is 13.9. The quantitative estimate of drug-likeness (QED) is 0.827. The molecule has 2 saturated heterocycles. The van der Waals surface area contributed by atoms with E-state index in [4.69, 9.17) is 4.74 Å². The molecule has 0 saturated carbocycles. The van der Waals surface area contributed by atoms with Gasteiger partial charge in [-0.15, -0.1) is 0 Å². The topological polar surface area (TPSA) is 49.9 Å². The molecule has 3 rings (SSSR count). The van der Waals surface area contributed by atoms with Gasteiger partial charge in [0.15, 0.2) is 0 Å². The fourth-order valence-electron chi connectivity index (χ4n) is 4.11. The molecular formula is C17H25FN2O3S. The lowest BCUT2D eigenvalue weighted by molar-refractivity contribution is 0.129. The molecule has 1 unspecified atom stereocenters. The van der Waals surface area contributed by atoms with Crippen LogP contribution >= 0.6 is 0 Å². The molecule has 2 aliphatic heterocycles. The molecule has 0 N–H and O–H groups in total. The van der Waals surface area contributed by atoms with Crippen molar-refractivity contribution in [3.8, 4) is 0 Å². The molecule has 0 aliphatic carbocycles. The molecule has 134 valence electrons. The van der Waals surface area contributed by atoms with Gasteiger partial charge in [-0.1, -0.05) is 12.1 Å². The highest BCUT2D eigenvalue weighted by atomic mass is 32.2. The van der Waals surface area contributed by atoms with E-state index in [1.807, 2.05) is 0 Å². The van der Waals surface area contributed by atoms with Gasteiger partial charge in [-0.2, -0.15) is 4.31 Å². The van der Waals surface area contributed by atoms with E-state index in [0.717, 1.165) is 25.8 Å². The number of hydrogen-bond donors (Lipinski definition) is 0. The Morgan fingerprint density at radius 1 is 1.29 bits per heavy atom. The van der Waals surface area contributed by atoms with E-state index < -0.39 is 15.8 Å². The van der Waals surface area contributed by atoms with Gasteiger partial charge in [0, 0.05) is 32.8 Å². The number of sulfonamides is 1. The van der Waals surface area contributed by atoms with Gasteiger partial charge in [0.2, 0.25) is 10.0 Å². The third-order valence-electron chi connectivity index (χ3n) is 5.47. The smallest absolute Gasteiger partial charge is 0.245 e. The minimum absolute atomic E-state index is 0.152. The molecule has 2 heterocycles. The minimum Gasteiger partial charge on any atom is -0.383 e. The standard InChI is InChI=1S/C17H25FN2O3S/c1-19-13-17(11-14(19)12-23-2)7-9-20(10-8-17)24(21,22)16-6-4-3-5-15(16)18/h3-6,14H,7-13H2,1-2H3. The van der Waals surface area contributed by atoms with Crippen molar-refractivity contribution in [2.24, 2.45) is 5.41 Å². The van der Waals surface area contributed by atoms with Crippen molar-refractivity contribution in [3.63, 3.8) is 0 Å². The van der Waals surface area contributed by atoms with Crippen LogP contribution in [0.3, 0.4) is 0 Å². The van der Waals surface area contributed by atoms with E-state index >= 15 is 0 Å². The second kappa shape index (κ2) is 6.71. The van der Waals surface area contributed by atoms with Crippen LogP contribution in [-0.2, 0) is 14.8 Å². The fourth-order valence-corrected chi connectivity index (χ4v) is 5.62. The van der Waals surface area contributed by atoms with Crippen molar-refractivity contribution < 1.29 is 17.5 Å². The lowest BCUT2D eigenvalue weighted by atomic mass is 9.77. The molecule has 0 aromatic heterocycles. The number of ether oxygens (including phenoxy) is 1. The Kier molecular flexibility index (Phi) is 4.97. The second-order valence-corrected chi connectivity index (χ2v) is 8.97. The first-order chi connectivity index (χ1) is 11.4. The number of methoxy groups -OCH3 is 1. The van der Waals surface area contributed by atoms with E-state index in [0.29, 0.717) is 25.7 Å². The van der Waals surface area contributed by atoms with E-state index in [-0.39, 0.29) is 10.3 Å². The van der Waals surface area contributed by atoms with Crippen molar-refractivity contribution in [3.05, 3.63) is 30.1 Å². The number of likely N-dealkylation sites (N-methyl/N-ethyl adjacent to an activating group) is 1. The molecule has 7 heteroatoms. The molecule has 1 aromatic carbocycles. The SMILES string of the molecule is COCC1CC2(CCN(S(=O)(=O)c3ccccc3F)CC2)CN1C. The van der Waals surface area contributed by atoms with Crippen molar-refractivity contribution in [2.75, 3.05) is 40.4 Å². The van der Waals surface area contributed by atoms with E-state index in [1.165, 1.54) is 22.5 Å². The van der Waals surface area contributed by atoms with Crippen LogP contribution in [0.4, 0.5) is 4.39 Å². The van der Waals surface area contributed by atoms with Gasteiger partial charge in [-0.05, 0) is 43.9 Å². The highest BCUT2D eigenvalue weighted by Gasteiger charge is 2.45. The average molecular weight is 356 g/mol. The van der Waals surface area contributed by atoms with E-state index in [9.17, 15) is 12.8 Å². The summed E-state index contributed by atoms with van der Waals surface area (Å²) in [7, 11) is 0.0527. The molecule has 0 bridgehead atoms. The number of halogens is 1. The number of hydrogen-bond acceptors (Lipinski definition) is 4. The fraction of sp³-hybridized carbons (Fsp3) is 0.647. The molecule has 5 nitrogen and oxygen atoms in total. The predicted molar refractivity (Wildman–Crippen MR) is 89.7 cm³/mol. The van der Waals surface area contributed by atoms with Crippen LogP contribution in [0.1, 0.15) is 19.3 Å². The highest BCUT2D eigenvalue weighted by molar-refractivity contribution is 7.89. The predicted octanol–water partition coefficient (Wildman–Crippen LogP) is 1.95. The summed E-state index contributed by atoms with van der Waals surface area (Å²) >= 11 is 0. The van der Waals surface area contributed by atoms with Crippen molar-refractivity contribution in [1.82, 2.24) is 9.21 Å². The maximum atomic E-state index is 13.9. The Hall–Kier alpha value is -1.02. The summed E-state index contributed by atoms with van der Waals surface area (Å²) in [6, 6.07) is 5.99. The molecule has 2 aliphatic rings. The van der Waals surface area contributed by atoms with Gasteiger partial charge in [0.1, 0.15) is 10.7 Å². The summed E-state index contributed by atoms with van der Waals surface area (Å²) in [6.45, 7) is 2.57. The molecule has 2 fully saturated rings. The Bertz CT molecular complexity index is 687. The summed E-state index contributed by atoms with van der Waals surface area (Å²) < 4.78 is 46.0. The number of benzene rings is 1. The first-order valence-electron chi connectivity index (χ1n) is 8.32. The zero-order valence-corrected chi connectivity index (χ0v) is 15.1. The van der Waals surface area contributed by atoms with Crippen molar-refractivity contribution in [1.29, 1.82) is 0 Å². The van der Waals surface area contributed by atoms with Gasteiger partial charge in [-0.25, -0.2) is 12.8 Å². The molecule has 1 atom stereocenters. The van der Waals surface area contributed by atoms with Crippen LogP contribution in [0, 0.1) is 11.2 Å². The molecule has 0 radical (unpaired) electrons. The van der Waals surface area contributed by atoms with Crippen LogP contribution in [-0.4, -0.2) is 64.1 Å². The van der Waals surface area contributed by atoms with Crippen LogP contribution in [0.2, 0.25) is 0 Å². The van der Waals surface area contributed by atoms with E-state index in [2.05, 4.69) is 11.9 Å². The zero-order chi connectivity index (χ0) is 17.4. The summed E-state index contributed by atoms with van der Waals surface area (Å²) in [5.74, 6) is -0.682. The minimum atomic E-state index is -3.76. The van der Waals surface area contributed by atoms with E-state index in [1.54, 1.807) is 13.2 Å². The lowest BCUT2D eigenvalue weighted by Crippen LogP contribution is -2.44. The molecule has 1 aromatic rings. The summed E-state index contributed by atoms with van der Waals surface area (Å²) in [5.41, 5.74) is 0.152. The Labute approximate surface area is 143 Å². The zero-order valence-electron chi connectivity index (χ0n) is 14.2. The summed E-state index contributed by atoms with van der Waals surface area (Å²) in [4.78, 5) is 2.09. The molecule has 1 spiro atoms. The first kappa shape index (κ1) is 17.8. The van der Waals surface area contributed by atoms with Crippen LogP contribution in [0.15, 0.2) is 29.2 Å². The van der Waals surface area contributed by atoms with Crippen LogP contribution in [0.5, 0.6) is 0 Å². The van der Waals surface area contributed by atoms with Gasteiger partial charge >= 0.3 is 0 Å². The normalized spacial score (nSPS) is 25.4. The number of piperidine rings is 1. The largest absolute Gasteiger partial charge is 0.383 e. The highest BCUT2D eigenvalue weighted by Crippen LogP contribution is 2.43. The Morgan fingerprint density at radius 2 is 1.96 bits per heavy atom. The molecular weight excluding hydrogens is 331 g/mol. The Balaban J connectivity index is 1.71. The summed E-state index contributed by atoms with van der Waals surface area (Å²) in [6.07, 6.45) is 2.65. The lowest BCUT2D eigenvalue weighted by Gasteiger charge is -2.38. The number of nitrogens with zero attached hydrogens (tertiary/aromatic N) is 2. The monoisotopic (exact) mass is 356 g/mol. The number of rotatable bonds is 4.